The molecule has 5 heteroatoms. The van der Waals surface area contributed by atoms with Crippen molar-refractivity contribution in [3.05, 3.63) is 42.9 Å². The maximum absolute atomic E-state index is 5.74. The van der Waals surface area contributed by atoms with Gasteiger partial charge in [0.1, 0.15) is 0 Å². The third kappa shape index (κ3) is 1.30. The van der Waals surface area contributed by atoms with Gasteiger partial charge in [-0.15, -0.1) is 0 Å². The predicted octanol–water partition coefficient (Wildman–Crippen LogP) is 1.37. The van der Waals surface area contributed by atoms with Gasteiger partial charge in [0.2, 0.25) is 0 Å². The molecule has 0 aliphatic carbocycles. The molecule has 0 aliphatic heterocycles. The molecule has 0 unspecified atom stereocenters. The molecule has 2 aromatic heterocycles. The molecule has 2 N–H and O–H groups in total. The van der Waals surface area contributed by atoms with E-state index in [0.29, 0.717) is 5.78 Å². The molecule has 0 spiro atoms. The fraction of sp³-hybridized carbons (Fsp3) is 0. The van der Waals surface area contributed by atoms with E-state index in [4.69, 9.17) is 5.73 Å². The minimum absolute atomic E-state index is 0.583. The average Bonchev–Trinajstić information content (AvgIpc) is 2.72. The first kappa shape index (κ1) is 8.84. The average molecular weight is 211 g/mol. The number of fused-ring (bicyclic) bond motifs is 1. The molecular weight excluding hydrogens is 202 g/mol. The third-order valence-corrected chi connectivity index (χ3v) is 2.34. The molecule has 0 aliphatic rings. The van der Waals surface area contributed by atoms with Crippen molar-refractivity contribution in [3.63, 3.8) is 0 Å². The summed E-state index contributed by atoms with van der Waals surface area (Å²) in [6.07, 6.45) is 4.99. The molecule has 0 fully saturated rings. The van der Waals surface area contributed by atoms with Crippen LogP contribution in [0.2, 0.25) is 0 Å². The van der Waals surface area contributed by atoms with Gasteiger partial charge < -0.3 is 5.73 Å². The first-order valence-electron chi connectivity index (χ1n) is 4.85. The van der Waals surface area contributed by atoms with Crippen LogP contribution in [0, 0.1) is 0 Å². The minimum atomic E-state index is 0.583. The number of hydrogen-bond donors (Lipinski definition) is 1. The van der Waals surface area contributed by atoms with Gasteiger partial charge in [0, 0.05) is 11.3 Å². The van der Waals surface area contributed by atoms with E-state index in [9.17, 15) is 0 Å². The Labute approximate surface area is 91.6 Å². The van der Waals surface area contributed by atoms with Crippen molar-refractivity contribution >= 4 is 11.5 Å². The Morgan fingerprint density at radius 3 is 2.94 bits per heavy atom. The first-order chi connectivity index (χ1) is 7.84. The lowest BCUT2D eigenvalue weighted by Gasteiger charge is -2.00. The number of aromatic nitrogens is 4. The Bertz CT molecular complexity index is 643. The molecule has 0 radical (unpaired) electrons. The van der Waals surface area contributed by atoms with Crippen LogP contribution in [0.3, 0.4) is 0 Å². The summed E-state index contributed by atoms with van der Waals surface area (Å²) in [5, 5.41) is 4.20. The molecule has 5 nitrogen and oxygen atoms in total. The Kier molecular flexibility index (Phi) is 1.83. The Balaban J connectivity index is 2.26. The SMILES string of the molecule is Nc1cccc(-c2cnc3nccnn23)c1. The zero-order valence-corrected chi connectivity index (χ0v) is 8.41. The fourth-order valence-corrected chi connectivity index (χ4v) is 1.63. The summed E-state index contributed by atoms with van der Waals surface area (Å²) < 4.78 is 1.69. The van der Waals surface area contributed by atoms with Gasteiger partial charge in [0.15, 0.2) is 0 Å². The molecule has 1 aromatic carbocycles. The lowest BCUT2D eigenvalue weighted by molar-refractivity contribution is 0.908. The van der Waals surface area contributed by atoms with Crippen molar-refractivity contribution in [2.24, 2.45) is 0 Å². The Hall–Kier alpha value is -2.43. The van der Waals surface area contributed by atoms with Crippen LogP contribution < -0.4 is 5.73 Å². The van der Waals surface area contributed by atoms with Gasteiger partial charge in [0.05, 0.1) is 24.3 Å². The minimum Gasteiger partial charge on any atom is -0.399 e. The lowest BCUT2D eigenvalue weighted by atomic mass is 10.1. The quantitative estimate of drug-likeness (QED) is 0.617. The van der Waals surface area contributed by atoms with Gasteiger partial charge >= 0.3 is 0 Å². The second-order valence-corrected chi connectivity index (χ2v) is 3.42. The van der Waals surface area contributed by atoms with Gasteiger partial charge in [-0.2, -0.15) is 9.61 Å². The molecule has 16 heavy (non-hydrogen) atoms. The number of hydrogen-bond acceptors (Lipinski definition) is 4. The van der Waals surface area contributed by atoms with Gasteiger partial charge in [0.25, 0.3) is 5.78 Å². The number of benzene rings is 1. The highest BCUT2D eigenvalue weighted by Gasteiger charge is 2.06. The number of nitrogen functional groups attached to an aromatic ring is 1. The standard InChI is InChI=1S/C11H9N5/c12-9-3-1-2-8(6-9)10-7-14-11-13-4-5-15-16(10)11/h1-7H,12H2. The fourth-order valence-electron chi connectivity index (χ4n) is 1.63. The molecule has 2 heterocycles. The summed E-state index contributed by atoms with van der Waals surface area (Å²) in [4.78, 5) is 8.28. The van der Waals surface area contributed by atoms with Crippen molar-refractivity contribution in [3.8, 4) is 11.3 Å². The molecule has 0 atom stereocenters. The monoisotopic (exact) mass is 211 g/mol. The summed E-state index contributed by atoms with van der Waals surface area (Å²) in [6, 6.07) is 7.60. The van der Waals surface area contributed by atoms with Gasteiger partial charge in [-0.05, 0) is 12.1 Å². The summed E-state index contributed by atoms with van der Waals surface area (Å²) in [5.74, 6) is 0.583. The molecule has 0 saturated heterocycles. The molecular formula is C11H9N5. The van der Waals surface area contributed by atoms with Gasteiger partial charge in [-0.3, -0.25) is 0 Å². The highest BCUT2D eigenvalue weighted by Crippen LogP contribution is 2.20. The van der Waals surface area contributed by atoms with E-state index in [-0.39, 0.29) is 0 Å². The van der Waals surface area contributed by atoms with Crippen molar-refractivity contribution < 1.29 is 0 Å². The van der Waals surface area contributed by atoms with Crippen molar-refractivity contribution in [1.82, 2.24) is 19.6 Å². The van der Waals surface area contributed by atoms with E-state index in [1.807, 2.05) is 24.3 Å². The van der Waals surface area contributed by atoms with Crippen LogP contribution in [0.15, 0.2) is 42.9 Å². The van der Waals surface area contributed by atoms with Crippen LogP contribution >= 0.6 is 0 Å². The van der Waals surface area contributed by atoms with E-state index in [1.54, 1.807) is 23.1 Å². The van der Waals surface area contributed by atoms with E-state index >= 15 is 0 Å². The predicted molar refractivity (Wildman–Crippen MR) is 60.6 cm³/mol. The molecule has 0 saturated carbocycles. The molecule has 0 amide bonds. The normalized spacial score (nSPS) is 10.8. The Morgan fingerprint density at radius 1 is 1.12 bits per heavy atom. The van der Waals surface area contributed by atoms with Crippen LogP contribution in [0.1, 0.15) is 0 Å². The molecule has 3 rings (SSSR count). The summed E-state index contributed by atoms with van der Waals surface area (Å²) >= 11 is 0. The summed E-state index contributed by atoms with van der Waals surface area (Å²) in [7, 11) is 0. The van der Waals surface area contributed by atoms with Gasteiger partial charge in [-0.25, -0.2) is 9.97 Å². The lowest BCUT2D eigenvalue weighted by Crippen LogP contribution is -1.95. The van der Waals surface area contributed by atoms with E-state index in [2.05, 4.69) is 15.1 Å². The molecule has 78 valence electrons. The number of rotatable bonds is 1. The van der Waals surface area contributed by atoms with E-state index in [0.717, 1.165) is 16.9 Å². The third-order valence-electron chi connectivity index (χ3n) is 2.34. The van der Waals surface area contributed by atoms with Crippen molar-refractivity contribution in [1.29, 1.82) is 0 Å². The number of imidazole rings is 1. The van der Waals surface area contributed by atoms with E-state index < -0.39 is 0 Å². The van der Waals surface area contributed by atoms with Crippen LogP contribution in [-0.4, -0.2) is 19.6 Å². The first-order valence-corrected chi connectivity index (χ1v) is 4.85. The second-order valence-electron chi connectivity index (χ2n) is 3.42. The van der Waals surface area contributed by atoms with Crippen LogP contribution in [0.5, 0.6) is 0 Å². The number of nitrogens with zero attached hydrogens (tertiary/aromatic N) is 4. The molecule has 0 bridgehead atoms. The van der Waals surface area contributed by atoms with Crippen LogP contribution in [0.4, 0.5) is 5.69 Å². The maximum Gasteiger partial charge on any atom is 0.251 e. The number of anilines is 1. The Morgan fingerprint density at radius 2 is 2.06 bits per heavy atom. The topological polar surface area (TPSA) is 69.1 Å². The zero-order chi connectivity index (χ0) is 11.0. The van der Waals surface area contributed by atoms with Gasteiger partial charge in [-0.1, -0.05) is 12.1 Å². The second kappa shape index (κ2) is 3.30. The van der Waals surface area contributed by atoms with Crippen molar-refractivity contribution in [2.75, 3.05) is 5.73 Å². The maximum atomic E-state index is 5.74. The molecule has 3 aromatic rings. The number of nitrogens with two attached hydrogens (primary N) is 1. The van der Waals surface area contributed by atoms with E-state index in [1.165, 1.54) is 0 Å². The van der Waals surface area contributed by atoms with Crippen LogP contribution in [-0.2, 0) is 0 Å². The zero-order valence-electron chi connectivity index (χ0n) is 8.41. The summed E-state index contributed by atoms with van der Waals surface area (Å²) in [6.45, 7) is 0. The van der Waals surface area contributed by atoms with Crippen molar-refractivity contribution in [2.45, 2.75) is 0 Å². The smallest absolute Gasteiger partial charge is 0.251 e. The largest absolute Gasteiger partial charge is 0.399 e. The van der Waals surface area contributed by atoms with Crippen LogP contribution in [0.25, 0.3) is 17.0 Å². The highest BCUT2D eigenvalue weighted by molar-refractivity contribution is 5.65. The summed E-state index contributed by atoms with van der Waals surface area (Å²) in [5.41, 5.74) is 8.33. The highest BCUT2D eigenvalue weighted by atomic mass is 15.3.